The molecule has 2 N–H and O–H groups in total. The first-order valence-corrected chi connectivity index (χ1v) is 4.45. The quantitative estimate of drug-likeness (QED) is 0.731. The summed E-state index contributed by atoms with van der Waals surface area (Å²) in [6, 6.07) is 4.93. The lowest BCUT2D eigenvalue weighted by molar-refractivity contribution is 0.905. The zero-order valence-electron chi connectivity index (χ0n) is 8.21. The van der Waals surface area contributed by atoms with Gasteiger partial charge in [0.15, 0.2) is 0 Å². The van der Waals surface area contributed by atoms with Crippen molar-refractivity contribution >= 4 is 5.69 Å². The van der Waals surface area contributed by atoms with Crippen molar-refractivity contribution in [1.29, 1.82) is 0 Å². The first kappa shape index (κ1) is 9.39. The molecule has 0 amide bonds. The molecule has 2 rings (SSSR count). The molecule has 0 aliphatic rings. The van der Waals surface area contributed by atoms with E-state index >= 15 is 0 Å². The lowest BCUT2D eigenvalue weighted by Gasteiger charge is -2.04. The first-order valence-electron chi connectivity index (χ1n) is 4.45. The van der Waals surface area contributed by atoms with E-state index in [-0.39, 0.29) is 11.2 Å². The van der Waals surface area contributed by atoms with Gasteiger partial charge in [0, 0.05) is 12.4 Å². The smallest absolute Gasteiger partial charge is 0.279 e. The topological polar surface area (TPSA) is 73.8 Å². The summed E-state index contributed by atoms with van der Waals surface area (Å²) < 4.78 is 1.39. The highest BCUT2D eigenvalue weighted by atomic mass is 16.1. The van der Waals surface area contributed by atoms with Crippen LogP contribution in [-0.4, -0.2) is 14.5 Å². The Kier molecular flexibility index (Phi) is 2.21. The summed E-state index contributed by atoms with van der Waals surface area (Å²) in [6.07, 6.45) is 3.23. The van der Waals surface area contributed by atoms with Crippen LogP contribution >= 0.6 is 0 Å². The van der Waals surface area contributed by atoms with E-state index < -0.39 is 0 Å². The number of aryl methyl sites for hydroxylation is 1. The van der Waals surface area contributed by atoms with Crippen molar-refractivity contribution in [3.05, 3.63) is 46.8 Å². The molecule has 0 aliphatic carbocycles. The molecule has 0 aliphatic heterocycles. The van der Waals surface area contributed by atoms with Crippen LogP contribution in [0.3, 0.4) is 0 Å². The number of anilines is 1. The molecule has 0 saturated carbocycles. The SMILES string of the molecule is Cc1nccc(-n2cccc(N)c2=O)n1. The molecule has 5 heteroatoms. The van der Waals surface area contributed by atoms with Crippen LogP contribution in [0.15, 0.2) is 35.4 Å². The van der Waals surface area contributed by atoms with Crippen molar-refractivity contribution in [2.45, 2.75) is 6.92 Å². The molecule has 0 aromatic carbocycles. The molecule has 2 aromatic heterocycles. The highest BCUT2D eigenvalue weighted by molar-refractivity contribution is 5.37. The third-order valence-electron chi connectivity index (χ3n) is 1.98. The van der Waals surface area contributed by atoms with E-state index in [9.17, 15) is 4.79 Å². The molecule has 0 bridgehead atoms. The number of nitrogen functional groups attached to an aromatic ring is 1. The maximum Gasteiger partial charge on any atom is 0.279 e. The number of hydrogen-bond donors (Lipinski definition) is 1. The molecular formula is C10H10N4O. The van der Waals surface area contributed by atoms with Crippen LogP contribution in [0, 0.1) is 6.92 Å². The van der Waals surface area contributed by atoms with E-state index in [1.165, 1.54) is 4.57 Å². The summed E-state index contributed by atoms with van der Waals surface area (Å²) in [6.45, 7) is 1.76. The number of hydrogen-bond acceptors (Lipinski definition) is 4. The molecule has 0 radical (unpaired) electrons. The van der Waals surface area contributed by atoms with Crippen molar-refractivity contribution in [2.75, 3.05) is 5.73 Å². The third-order valence-corrected chi connectivity index (χ3v) is 1.98. The van der Waals surface area contributed by atoms with Gasteiger partial charge in [0.05, 0.1) is 5.69 Å². The van der Waals surface area contributed by atoms with E-state index in [2.05, 4.69) is 9.97 Å². The number of aromatic nitrogens is 3. The number of pyridine rings is 1. The fourth-order valence-electron chi connectivity index (χ4n) is 1.27. The van der Waals surface area contributed by atoms with Crippen LogP contribution in [0.5, 0.6) is 0 Å². The minimum absolute atomic E-state index is 0.203. The van der Waals surface area contributed by atoms with Gasteiger partial charge in [-0.15, -0.1) is 0 Å². The molecule has 0 spiro atoms. The number of nitrogens with two attached hydrogens (primary N) is 1. The predicted molar refractivity (Wildman–Crippen MR) is 56.8 cm³/mol. The summed E-state index contributed by atoms with van der Waals surface area (Å²) in [7, 11) is 0. The maximum atomic E-state index is 11.7. The van der Waals surface area contributed by atoms with Gasteiger partial charge in [-0.05, 0) is 25.1 Å². The predicted octanol–water partition coefficient (Wildman–Crippen LogP) is 0.518. The molecule has 2 heterocycles. The first-order chi connectivity index (χ1) is 7.18. The van der Waals surface area contributed by atoms with Crippen LogP contribution < -0.4 is 11.3 Å². The molecule has 76 valence electrons. The van der Waals surface area contributed by atoms with Gasteiger partial charge in [0.2, 0.25) is 0 Å². The fraction of sp³-hybridized carbons (Fsp3) is 0.100. The van der Waals surface area contributed by atoms with Gasteiger partial charge >= 0.3 is 0 Å². The van der Waals surface area contributed by atoms with Crippen molar-refractivity contribution in [1.82, 2.24) is 14.5 Å². The Labute approximate surface area is 86.2 Å². The largest absolute Gasteiger partial charge is 0.394 e. The molecule has 0 saturated heterocycles. The van der Waals surface area contributed by atoms with Gasteiger partial charge in [-0.25, -0.2) is 9.97 Å². The second kappa shape index (κ2) is 3.53. The highest BCUT2D eigenvalue weighted by Gasteiger charge is 2.02. The van der Waals surface area contributed by atoms with Crippen LogP contribution in [0.25, 0.3) is 5.82 Å². The molecular weight excluding hydrogens is 192 g/mol. The zero-order valence-corrected chi connectivity index (χ0v) is 8.21. The minimum Gasteiger partial charge on any atom is -0.394 e. The van der Waals surface area contributed by atoms with Crippen LogP contribution in [0.2, 0.25) is 0 Å². The Hall–Kier alpha value is -2.17. The highest BCUT2D eigenvalue weighted by Crippen LogP contribution is 2.01. The molecule has 15 heavy (non-hydrogen) atoms. The normalized spacial score (nSPS) is 10.2. The summed E-state index contributed by atoms with van der Waals surface area (Å²) >= 11 is 0. The average molecular weight is 202 g/mol. The number of rotatable bonds is 1. The lowest BCUT2D eigenvalue weighted by Crippen LogP contribution is -2.21. The molecule has 0 atom stereocenters. The Bertz CT molecular complexity index is 547. The van der Waals surface area contributed by atoms with Crippen LogP contribution in [0.4, 0.5) is 5.69 Å². The van der Waals surface area contributed by atoms with Gasteiger partial charge in [0.1, 0.15) is 11.6 Å². The van der Waals surface area contributed by atoms with Crippen LogP contribution in [-0.2, 0) is 0 Å². The van der Waals surface area contributed by atoms with Gasteiger partial charge in [0.25, 0.3) is 5.56 Å². The Morgan fingerprint density at radius 1 is 1.40 bits per heavy atom. The third kappa shape index (κ3) is 1.71. The standard InChI is InChI=1S/C10H10N4O/c1-7-12-5-4-9(13-7)14-6-2-3-8(11)10(14)15/h2-6H,11H2,1H3. The molecule has 5 nitrogen and oxygen atoms in total. The summed E-state index contributed by atoms with van der Waals surface area (Å²) in [5.74, 6) is 1.14. The summed E-state index contributed by atoms with van der Waals surface area (Å²) in [5.41, 5.74) is 5.45. The Morgan fingerprint density at radius 2 is 2.20 bits per heavy atom. The van der Waals surface area contributed by atoms with Gasteiger partial charge in [-0.3, -0.25) is 9.36 Å². The van der Waals surface area contributed by atoms with Crippen molar-refractivity contribution < 1.29 is 0 Å². The van der Waals surface area contributed by atoms with Crippen molar-refractivity contribution in [2.24, 2.45) is 0 Å². The van der Waals surface area contributed by atoms with E-state index in [1.807, 2.05) is 0 Å². The maximum absolute atomic E-state index is 11.7. The van der Waals surface area contributed by atoms with E-state index in [0.29, 0.717) is 11.6 Å². The van der Waals surface area contributed by atoms with Crippen LogP contribution in [0.1, 0.15) is 5.82 Å². The van der Waals surface area contributed by atoms with Gasteiger partial charge in [-0.2, -0.15) is 0 Å². The zero-order chi connectivity index (χ0) is 10.8. The van der Waals surface area contributed by atoms with E-state index in [1.54, 1.807) is 37.5 Å². The second-order valence-corrected chi connectivity index (χ2v) is 3.10. The fourth-order valence-corrected chi connectivity index (χ4v) is 1.27. The van der Waals surface area contributed by atoms with Gasteiger partial charge in [-0.1, -0.05) is 0 Å². The monoisotopic (exact) mass is 202 g/mol. The second-order valence-electron chi connectivity index (χ2n) is 3.10. The average Bonchev–Trinajstić information content (AvgIpc) is 2.22. The van der Waals surface area contributed by atoms with Crippen molar-refractivity contribution in [3.63, 3.8) is 0 Å². The van der Waals surface area contributed by atoms with E-state index in [0.717, 1.165) is 0 Å². The number of nitrogens with zero attached hydrogens (tertiary/aromatic N) is 3. The Balaban J connectivity index is 2.65. The van der Waals surface area contributed by atoms with Crippen molar-refractivity contribution in [3.8, 4) is 5.82 Å². The molecule has 2 aromatic rings. The summed E-state index contributed by atoms with van der Waals surface area (Å²) in [5, 5.41) is 0. The lowest BCUT2D eigenvalue weighted by atomic mass is 10.4. The van der Waals surface area contributed by atoms with Gasteiger partial charge < -0.3 is 5.73 Å². The minimum atomic E-state index is -0.268. The van der Waals surface area contributed by atoms with E-state index in [4.69, 9.17) is 5.73 Å². The molecule has 0 fully saturated rings. The Morgan fingerprint density at radius 3 is 2.93 bits per heavy atom. The summed E-state index contributed by atoms with van der Waals surface area (Å²) in [4.78, 5) is 19.8. The molecule has 0 unspecified atom stereocenters.